The summed E-state index contributed by atoms with van der Waals surface area (Å²) in [7, 11) is 1.65. The molecule has 0 aromatic heterocycles. The number of carbonyl (C=O) groups is 1. The highest BCUT2D eigenvalue weighted by atomic mass is 16.5. The molecule has 0 fully saturated rings. The Balaban J connectivity index is 1.65. The van der Waals surface area contributed by atoms with Crippen molar-refractivity contribution in [1.82, 2.24) is 10.6 Å². The van der Waals surface area contributed by atoms with Gasteiger partial charge in [-0.25, -0.2) is 0 Å². The zero-order valence-electron chi connectivity index (χ0n) is 13.8. The van der Waals surface area contributed by atoms with Gasteiger partial charge in [-0.1, -0.05) is 42.0 Å². The SMILES string of the molecule is COc1cccc(CCNC(=O)CNCc2cccc(C)c2)c1. The molecule has 0 spiro atoms. The summed E-state index contributed by atoms with van der Waals surface area (Å²) < 4.78 is 5.19. The van der Waals surface area contributed by atoms with E-state index in [1.165, 1.54) is 11.1 Å². The average Bonchev–Trinajstić information content (AvgIpc) is 2.55. The maximum Gasteiger partial charge on any atom is 0.233 e. The number of ether oxygens (including phenoxy) is 1. The molecule has 0 saturated heterocycles. The molecule has 0 aliphatic carbocycles. The summed E-state index contributed by atoms with van der Waals surface area (Å²) in [5.74, 6) is 0.856. The van der Waals surface area contributed by atoms with Crippen LogP contribution in [0.25, 0.3) is 0 Å². The van der Waals surface area contributed by atoms with Crippen LogP contribution >= 0.6 is 0 Å². The molecule has 4 heteroatoms. The molecular weight excluding hydrogens is 288 g/mol. The molecule has 0 unspecified atom stereocenters. The van der Waals surface area contributed by atoms with Gasteiger partial charge in [0.15, 0.2) is 0 Å². The maximum absolute atomic E-state index is 11.8. The lowest BCUT2D eigenvalue weighted by atomic mass is 10.1. The van der Waals surface area contributed by atoms with Crippen molar-refractivity contribution in [2.24, 2.45) is 0 Å². The number of methoxy groups -OCH3 is 1. The van der Waals surface area contributed by atoms with Gasteiger partial charge in [-0.15, -0.1) is 0 Å². The van der Waals surface area contributed by atoms with Crippen LogP contribution in [0.4, 0.5) is 0 Å². The highest BCUT2D eigenvalue weighted by molar-refractivity contribution is 5.77. The second-order valence-electron chi connectivity index (χ2n) is 5.54. The maximum atomic E-state index is 11.8. The van der Waals surface area contributed by atoms with Gasteiger partial charge in [0.1, 0.15) is 5.75 Å². The second-order valence-corrected chi connectivity index (χ2v) is 5.54. The second kappa shape index (κ2) is 8.96. The molecule has 2 aromatic rings. The number of hydrogen-bond acceptors (Lipinski definition) is 3. The highest BCUT2D eigenvalue weighted by Crippen LogP contribution is 2.12. The normalized spacial score (nSPS) is 10.3. The Labute approximate surface area is 137 Å². The molecule has 0 atom stereocenters. The molecule has 1 amide bonds. The predicted molar refractivity (Wildman–Crippen MR) is 92.6 cm³/mol. The molecule has 0 saturated carbocycles. The summed E-state index contributed by atoms with van der Waals surface area (Å²) in [6, 6.07) is 16.2. The molecule has 4 nitrogen and oxygen atoms in total. The van der Waals surface area contributed by atoms with E-state index >= 15 is 0 Å². The minimum Gasteiger partial charge on any atom is -0.497 e. The van der Waals surface area contributed by atoms with Crippen LogP contribution in [0.1, 0.15) is 16.7 Å². The zero-order chi connectivity index (χ0) is 16.5. The Hall–Kier alpha value is -2.33. The Kier molecular flexibility index (Phi) is 6.63. The van der Waals surface area contributed by atoms with Gasteiger partial charge in [-0.05, 0) is 36.6 Å². The van der Waals surface area contributed by atoms with Gasteiger partial charge < -0.3 is 15.4 Å². The average molecular weight is 312 g/mol. The first-order valence-corrected chi connectivity index (χ1v) is 7.83. The van der Waals surface area contributed by atoms with E-state index in [0.717, 1.165) is 17.7 Å². The molecule has 2 N–H and O–H groups in total. The van der Waals surface area contributed by atoms with E-state index in [0.29, 0.717) is 19.6 Å². The van der Waals surface area contributed by atoms with Gasteiger partial charge in [0.2, 0.25) is 5.91 Å². The fraction of sp³-hybridized carbons (Fsp3) is 0.316. The van der Waals surface area contributed by atoms with Crippen LogP contribution in [-0.4, -0.2) is 26.1 Å². The lowest BCUT2D eigenvalue weighted by Gasteiger charge is -2.08. The van der Waals surface area contributed by atoms with Gasteiger partial charge in [0.05, 0.1) is 13.7 Å². The van der Waals surface area contributed by atoms with Gasteiger partial charge >= 0.3 is 0 Å². The summed E-state index contributed by atoms with van der Waals surface area (Å²) in [5.41, 5.74) is 3.57. The molecule has 2 aromatic carbocycles. The van der Waals surface area contributed by atoms with Crippen molar-refractivity contribution in [3.05, 3.63) is 65.2 Å². The third kappa shape index (κ3) is 6.12. The fourth-order valence-corrected chi connectivity index (χ4v) is 2.38. The molecule has 0 aliphatic rings. The van der Waals surface area contributed by atoms with E-state index in [4.69, 9.17) is 4.74 Å². The minimum absolute atomic E-state index is 0.0144. The minimum atomic E-state index is 0.0144. The first kappa shape index (κ1) is 17.0. The van der Waals surface area contributed by atoms with Gasteiger partial charge in [0, 0.05) is 13.1 Å². The van der Waals surface area contributed by atoms with Crippen molar-refractivity contribution in [2.45, 2.75) is 19.9 Å². The quantitative estimate of drug-likeness (QED) is 0.787. The summed E-state index contributed by atoms with van der Waals surface area (Å²) in [6.07, 6.45) is 0.792. The molecule has 0 bridgehead atoms. The highest BCUT2D eigenvalue weighted by Gasteiger charge is 2.02. The van der Waals surface area contributed by atoms with Crippen molar-refractivity contribution in [3.8, 4) is 5.75 Å². The van der Waals surface area contributed by atoms with E-state index in [9.17, 15) is 4.79 Å². The monoisotopic (exact) mass is 312 g/mol. The molecule has 0 heterocycles. The topological polar surface area (TPSA) is 50.4 Å². The standard InChI is InChI=1S/C19H24N2O2/c1-15-5-3-7-17(11-15)13-20-14-19(22)21-10-9-16-6-4-8-18(12-16)23-2/h3-8,11-12,20H,9-10,13-14H2,1-2H3,(H,21,22). The summed E-state index contributed by atoms with van der Waals surface area (Å²) in [4.78, 5) is 11.8. The van der Waals surface area contributed by atoms with Gasteiger partial charge in [-0.3, -0.25) is 4.79 Å². The summed E-state index contributed by atoms with van der Waals surface area (Å²) in [5, 5.41) is 6.09. The number of aryl methyl sites for hydroxylation is 1. The van der Waals surface area contributed by atoms with E-state index in [1.54, 1.807) is 7.11 Å². The van der Waals surface area contributed by atoms with Crippen molar-refractivity contribution < 1.29 is 9.53 Å². The van der Waals surface area contributed by atoms with Crippen LogP contribution in [0.3, 0.4) is 0 Å². The van der Waals surface area contributed by atoms with Gasteiger partial charge in [0.25, 0.3) is 0 Å². The first-order chi connectivity index (χ1) is 11.2. The molecule has 0 radical (unpaired) electrons. The van der Waals surface area contributed by atoms with Crippen LogP contribution in [0, 0.1) is 6.92 Å². The lowest BCUT2D eigenvalue weighted by Crippen LogP contribution is -2.34. The van der Waals surface area contributed by atoms with Crippen LogP contribution < -0.4 is 15.4 Å². The molecular formula is C19H24N2O2. The number of benzene rings is 2. The van der Waals surface area contributed by atoms with E-state index in [1.807, 2.05) is 30.3 Å². The summed E-state index contributed by atoms with van der Waals surface area (Å²) in [6.45, 7) is 3.71. The smallest absolute Gasteiger partial charge is 0.233 e. The lowest BCUT2D eigenvalue weighted by molar-refractivity contribution is -0.120. The number of hydrogen-bond donors (Lipinski definition) is 2. The Morgan fingerprint density at radius 1 is 1.09 bits per heavy atom. The third-order valence-corrected chi connectivity index (χ3v) is 3.57. The Morgan fingerprint density at radius 3 is 2.65 bits per heavy atom. The van der Waals surface area contributed by atoms with E-state index < -0.39 is 0 Å². The van der Waals surface area contributed by atoms with Crippen LogP contribution in [-0.2, 0) is 17.8 Å². The largest absolute Gasteiger partial charge is 0.497 e. The van der Waals surface area contributed by atoms with Crippen molar-refractivity contribution in [1.29, 1.82) is 0 Å². The van der Waals surface area contributed by atoms with E-state index in [2.05, 4.69) is 35.8 Å². The number of rotatable bonds is 8. The number of amides is 1. The molecule has 23 heavy (non-hydrogen) atoms. The Bertz CT molecular complexity index is 641. The van der Waals surface area contributed by atoms with Gasteiger partial charge in [-0.2, -0.15) is 0 Å². The molecule has 0 aliphatic heterocycles. The molecule has 2 rings (SSSR count). The van der Waals surface area contributed by atoms with Crippen molar-refractivity contribution in [2.75, 3.05) is 20.2 Å². The Morgan fingerprint density at radius 2 is 1.87 bits per heavy atom. The van der Waals surface area contributed by atoms with Crippen molar-refractivity contribution >= 4 is 5.91 Å². The number of nitrogens with one attached hydrogen (secondary N) is 2. The first-order valence-electron chi connectivity index (χ1n) is 7.83. The van der Waals surface area contributed by atoms with Crippen LogP contribution in [0.5, 0.6) is 5.75 Å². The zero-order valence-corrected chi connectivity index (χ0v) is 13.8. The number of carbonyl (C=O) groups excluding carboxylic acids is 1. The third-order valence-electron chi connectivity index (χ3n) is 3.57. The van der Waals surface area contributed by atoms with Crippen molar-refractivity contribution in [3.63, 3.8) is 0 Å². The predicted octanol–water partition coefficient (Wildman–Crippen LogP) is 2.45. The summed E-state index contributed by atoms with van der Waals surface area (Å²) >= 11 is 0. The fourth-order valence-electron chi connectivity index (χ4n) is 2.38. The van der Waals surface area contributed by atoms with Crippen LogP contribution in [0.15, 0.2) is 48.5 Å². The van der Waals surface area contributed by atoms with E-state index in [-0.39, 0.29) is 5.91 Å². The molecule has 122 valence electrons. The van der Waals surface area contributed by atoms with Crippen LogP contribution in [0.2, 0.25) is 0 Å².